The Hall–Kier alpha value is -1.06. The fourth-order valence-corrected chi connectivity index (χ4v) is 3.88. The van der Waals surface area contributed by atoms with E-state index in [4.69, 9.17) is 4.74 Å². The average Bonchev–Trinajstić information content (AvgIpc) is 2.38. The van der Waals surface area contributed by atoms with Crippen molar-refractivity contribution in [2.75, 3.05) is 20.2 Å². The summed E-state index contributed by atoms with van der Waals surface area (Å²) in [5, 5.41) is 0. The number of hydrogen-bond donors (Lipinski definition) is 0. The molecular weight excluding hydrogens is 230 g/mol. The lowest BCUT2D eigenvalue weighted by Crippen LogP contribution is -2.56. The van der Waals surface area contributed by atoms with Gasteiger partial charge in [0.15, 0.2) is 0 Å². The lowest BCUT2D eigenvalue weighted by molar-refractivity contribution is -0.171. The van der Waals surface area contributed by atoms with Crippen LogP contribution in [-0.2, 0) is 14.3 Å². The van der Waals surface area contributed by atoms with E-state index in [0.29, 0.717) is 5.91 Å². The van der Waals surface area contributed by atoms with Crippen molar-refractivity contribution in [1.29, 1.82) is 0 Å². The SMILES string of the molecule is COC(=O)C12CCC(C(=O)N3CCC3)(CC1)CC2. The van der Waals surface area contributed by atoms with Gasteiger partial charge in [-0.2, -0.15) is 0 Å². The second kappa shape index (κ2) is 3.97. The molecule has 3 saturated carbocycles. The predicted octanol–water partition coefficient (Wildman–Crippen LogP) is 1.73. The Kier molecular flexibility index (Phi) is 2.65. The van der Waals surface area contributed by atoms with Gasteiger partial charge in [-0.05, 0) is 44.9 Å². The van der Waals surface area contributed by atoms with Gasteiger partial charge in [-0.1, -0.05) is 0 Å². The average molecular weight is 251 g/mol. The molecule has 1 aliphatic heterocycles. The molecule has 0 spiro atoms. The number of nitrogens with zero attached hydrogens (tertiary/aromatic N) is 1. The number of fused-ring (bicyclic) bond motifs is 3. The standard InChI is InChI=1S/C14H21NO3/c1-18-12(17)14-6-3-13(4-7-14,5-8-14)11(16)15-9-2-10-15/h2-10H2,1H3. The molecule has 0 N–H and O–H groups in total. The van der Waals surface area contributed by atoms with Crippen LogP contribution in [0.4, 0.5) is 0 Å². The van der Waals surface area contributed by atoms with Crippen LogP contribution in [0.3, 0.4) is 0 Å². The maximum absolute atomic E-state index is 12.5. The van der Waals surface area contributed by atoms with Crippen LogP contribution in [0.1, 0.15) is 44.9 Å². The van der Waals surface area contributed by atoms with Crippen LogP contribution in [0.25, 0.3) is 0 Å². The molecule has 0 aromatic rings. The normalized spacial score (nSPS) is 38.2. The van der Waals surface area contributed by atoms with Crippen molar-refractivity contribution in [1.82, 2.24) is 4.90 Å². The summed E-state index contributed by atoms with van der Waals surface area (Å²) in [5.74, 6) is 0.291. The van der Waals surface area contributed by atoms with Gasteiger partial charge in [-0.15, -0.1) is 0 Å². The zero-order chi connectivity index (χ0) is 12.8. The van der Waals surface area contributed by atoms with Crippen LogP contribution in [0.2, 0.25) is 0 Å². The first-order valence-corrected chi connectivity index (χ1v) is 7.00. The molecule has 4 fully saturated rings. The van der Waals surface area contributed by atoms with Crippen molar-refractivity contribution in [2.45, 2.75) is 44.9 Å². The molecule has 3 aliphatic carbocycles. The lowest BCUT2D eigenvalue weighted by atomic mass is 9.53. The quantitative estimate of drug-likeness (QED) is 0.702. The zero-order valence-corrected chi connectivity index (χ0v) is 11.0. The first-order valence-electron chi connectivity index (χ1n) is 7.00. The lowest BCUT2D eigenvalue weighted by Gasteiger charge is -2.52. The molecule has 4 aliphatic rings. The first-order chi connectivity index (χ1) is 8.62. The minimum Gasteiger partial charge on any atom is -0.469 e. The van der Waals surface area contributed by atoms with Crippen molar-refractivity contribution in [2.24, 2.45) is 10.8 Å². The number of methoxy groups -OCH3 is 1. The topological polar surface area (TPSA) is 46.6 Å². The maximum Gasteiger partial charge on any atom is 0.311 e. The molecule has 4 heteroatoms. The highest BCUT2D eigenvalue weighted by Crippen LogP contribution is 2.58. The van der Waals surface area contributed by atoms with E-state index in [1.54, 1.807) is 0 Å². The highest BCUT2D eigenvalue weighted by atomic mass is 16.5. The van der Waals surface area contributed by atoms with Crippen LogP contribution >= 0.6 is 0 Å². The molecule has 4 rings (SSSR count). The van der Waals surface area contributed by atoms with E-state index >= 15 is 0 Å². The number of carbonyl (C=O) groups excluding carboxylic acids is 2. The van der Waals surface area contributed by atoms with Crippen LogP contribution in [0.15, 0.2) is 0 Å². The summed E-state index contributed by atoms with van der Waals surface area (Å²) in [5.41, 5.74) is -0.415. The molecule has 1 amide bonds. The minimum atomic E-state index is -0.272. The summed E-state index contributed by atoms with van der Waals surface area (Å²) in [6.07, 6.45) is 6.26. The minimum absolute atomic E-state index is 0.0628. The molecule has 0 atom stereocenters. The van der Waals surface area contributed by atoms with E-state index in [2.05, 4.69) is 0 Å². The number of likely N-dealkylation sites (tertiary alicyclic amines) is 1. The molecule has 0 radical (unpaired) electrons. The van der Waals surface area contributed by atoms with Crippen molar-refractivity contribution < 1.29 is 14.3 Å². The molecule has 0 aromatic heterocycles. The number of carbonyl (C=O) groups is 2. The number of hydrogen-bond acceptors (Lipinski definition) is 3. The molecular formula is C14H21NO3. The zero-order valence-electron chi connectivity index (χ0n) is 11.0. The Morgan fingerprint density at radius 3 is 1.83 bits per heavy atom. The summed E-state index contributed by atoms with van der Waals surface area (Å²) in [4.78, 5) is 26.4. The summed E-state index contributed by atoms with van der Waals surface area (Å²) in [7, 11) is 1.47. The van der Waals surface area contributed by atoms with Gasteiger partial charge in [0.2, 0.25) is 5.91 Å². The highest BCUT2D eigenvalue weighted by molar-refractivity contribution is 5.85. The van der Waals surface area contributed by atoms with Crippen molar-refractivity contribution >= 4 is 11.9 Å². The molecule has 2 bridgehead atoms. The number of esters is 1. The van der Waals surface area contributed by atoms with E-state index in [0.717, 1.165) is 58.0 Å². The fourth-order valence-electron chi connectivity index (χ4n) is 3.88. The Morgan fingerprint density at radius 1 is 0.944 bits per heavy atom. The van der Waals surface area contributed by atoms with Crippen molar-refractivity contribution in [3.05, 3.63) is 0 Å². The van der Waals surface area contributed by atoms with Gasteiger partial charge in [-0.25, -0.2) is 0 Å². The molecule has 18 heavy (non-hydrogen) atoms. The van der Waals surface area contributed by atoms with E-state index in [1.165, 1.54) is 7.11 Å². The van der Waals surface area contributed by atoms with Crippen molar-refractivity contribution in [3.8, 4) is 0 Å². The molecule has 0 aromatic carbocycles. The second-order valence-corrected chi connectivity index (χ2v) is 6.20. The number of rotatable bonds is 2. The van der Waals surface area contributed by atoms with Gasteiger partial charge >= 0.3 is 5.97 Å². The third-order valence-corrected chi connectivity index (χ3v) is 5.46. The van der Waals surface area contributed by atoms with E-state index < -0.39 is 0 Å². The van der Waals surface area contributed by atoms with Crippen LogP contribution in [0.5, 0.6) is 0 Å². The van der Waals surface area contributed by atoms with Crippen LogP contribution < -0.4 is 0 Å². The maximum atomic E-state index is 12.5. The summed E-state index contributed by atoms with van der Waals surface area (Å²) < 4.78 is 4.95. The van der Waals surface area contributed by atoms with Crippen molar-refractivity contribution in [3.63, 3.8) is 0 Å². The second-order valence-electron chi connectivity index (χ2n) is 6.20. The number of ether oxygens (including phenoxy) is 1. The summed E-state index contributed by atoms with van der Waals surface area (Å²) in [6, 6.07) is 0. The smallest absolute Gasteiger partial charge is 0.311 e. The van der Waals surface area contributed by atoms with Gasteiger partial charge in [0, 0.05) is 18.5 Å². The largest absolute Gasteiger partial charge is 0.469 e. The predicted molar refractivity (Wildman–Crippen MR) is 65.8 cm³/mol. The van der Waals surface area contributed by atoms with Gasteiger partial charge in [0.05, 0.1) is 12.5 Å². The Bertz CT molecular complexity index is 362. The van der Waals surface area contributed by atoms with Crippen LogP contribution in [0, 0.1) is 10.8 Å². The molecule has 1 heterocycles. The van der Waals surface area contributed by atoms with E-state index in [-0.39, 0.29) is 16.8 Å². The fraction of sp³-hybridized carbons (Fsp3) is 0.857. The van der Waals surface area contributed by atoms with Gasteiger partial charge in [-0.3, -0.25) is 9.59 Å². The first kappa shape index (κ1) is 12.0. The van der Waals surface area contributed by atoms with Gasteiger partial charge < -0.3 is 9.64 Å². The summed E-state index contributed by atoms with van der Waals surface area (Å²) in [6.45, 7) is 1.87. The Labute approximate surface area is 108 Å². The number of amides is 1. The molecule has 1 saturated heterocycles. The van der Waals surface area contributed by atoms with Gasteiger partial charge in [0.1, 0.15) is 0 Å². The molecule has 4 nitrogen and oxygen atoms in total. The third-order valence-electron chi connectivity index (χ3n) is 5.46. The Balaban J connectivity index is 1.74. The van der Waals surface area contributed by atoms with Gasteiger partial charge in [0.25, 0.3) is 0 Å². The highest BCUT2D eigenvalue weighted by Gasteiger charge is 2.57. The molecule has 100 valence electrons. The van der Waals surface area contributed by atoms with E-state index in [1.807, 2.05) is 4.90 Å². The molecule has 0 unspecified atom stereocenters. The van der Waals surface area contributed by atoms with E-state index in [9.17, 15) is 9.59 Å². The monoisotopic (exact) mass is 251 g/mol. The van der Waals surface area contributed by atoms with Crippen LogP contribution in [-0.4, -0.2) is 37.0 Å². The third kappa shape index (κ3) is 1.50. The Morgan fingerprint density at radius 2 is 1.44 bits per heavy atom. The summed E-state index contributed by atoms with van der Waals surface area (Å²) >= 11 is 0.